The van der Waals surface area contributed by atoms with Crippen LogP contribution in [0.25, 0.3) is 16.7 Å². The zero-order valence-electron chi connectivity index (χ0n) is 16.4. The van der Waals surface area contributed by atoms with Crippen LogP contribution in [0.2, 0.25) is 0 Å². The Labute approximate surface area is 163 Å². The van der Waals surface area contributed by atoms with Gasteiger partial charge in [0.15, 0.2) is 0 Å². The highest BCUT2D eigenvalue weighted by Gasteiger charge is 2.21. The molecule has 0 radical (unpaired) electrons. The molecule has 6 nitrogen and oxygen atoms in total. The number of carbonyl (C=O) groups is 1. The monoisotopic (exact) mass is 379 g/mol. The Morgan fingerprint density at radius 1 is 1.14 bits per heavy atom. The molecule has 1 aliphatic carbocycles. The molecule has 0 N–H and O–H groups in total. The molecule has 3 aromatic rings. The van der Waals surface area contributed by atoms with Crippen LogP contribution in [0, 0.1) is 13.8 Å². The largest absolute Gasteiger partial charge is 0.461 e. The maximum Gasteiger partial charge on any atom is 0.326 e. The van der Waals surface area contributed by atoms with Gasteiger partial charge in [0.05, 0.1) is 11.4 Å². The van der Waals surface area contributed by atoms with Gasteiger partial charge in [0.2, 0.25) is 0 Å². The molecule has 1 saturated carbocycles. The standard InChI is InChI=1S/C22H25N3O3/c1-15-13-19(26)24(14-20(27)28-18-11-7-4-8-12-18)22-21(15)16(2)23-25(22)17-9-5-3-6-10-17/h3,5-6,9-10,13,18H,4,7-8,11-12,14H2,1-2H3. The third-order valence-electron chi connectivity index (χ3n) is 5.43. The van der Waals surface area contributed by atoms with E-state index in [1.165, 1.54) is 11.0 Å². The van der Waals surface area contributed by atoms with Crippen LogP contribution in [0.5, 0.6) is 0 Å². The Hall–Kier alpha value is -2.89. The van der Waals surface area contributed by atoms with E-state index >= 15 is 0 Å². The summed E-state index contributed by atoms with van der Waals surface area (Å²) in [6.07, 6.45) is 5.16. The first kappa shape index (κ1) is 18.5. The topological polar surface area (TPSA) is 66.1 Å². The van der Waals surface area contributed by atoms with E-state index in [0.717, 1.165) is 48.0 Å². The zero-order chi connectivity index (χ0) is 19.7. The minimum Gasteiger partial charge on any atom is -0.461 e. The number of ether oxygens (including phenoxy) is 1. The highest BCUT2D eigenvalue weighted by Crippen LogP contribution is 2.24. The first-order valence-electron chi connectivity index (χ1n) is 9.89. The molecule has 1 aromatic carbocycles. The summed E-state index contributed by atoms with van der Waals surface area (Å²) in [5, 5.41) is 5.55. The van der Waals surface area contributed by atoms with Gasteiger partial charge in [-0.15, -0.1) is 0 Å². The molecule has 0 bridgehead atoms. The van der Waals surface area contributed by atoms with Crippen LogP contribution in [0.1, 0.15) is 43.4 Å². The summed E-state index contributed by atoms with van der Waals surface area (Å²) in [5.41, 5.74) is 2.94. The van der Waals surface area contributed by atoms with E-state index in [4.69, 9.17) is 4.74 Å². The van der Waals surface area contributed by atoms with Crippen molar-refractivity contribution in [3.63, 3.8) is 0 Å². The third-order valence-corrected chi connectivity index (χ3v) is 5.43. The maximum atomic E-state index is 12.8. The van der Waals surface area contributed by atoms with Gasteiger partial charge in [0, 0.05) is 11.5 Å². The highest BCUT2D eigenvalue weighted by molar-refractivity contribution is 5.85. The summed E-state index contributed by atoms with van der Waals surface area (Å²) < 4.78 is 8.88. The fraction of sp³-hybridized carbons (Fsp3) is 0.409. The number of benzene rings is 1. The van der Waals surface area contributed by atoms with Gasteiger partial charge in [-0.1, -0.05) is 24.6 Å². The minimum absolute atomic E-state index is 0.0290. The van der Waals surface area contributed by atoms with Gasteiger partial charge in [-0.05, 0) is 57.2 Å². The number of rotatable bonds is 4. The molecule has 0 saturated heterocycles. The summed E-state index contributed by atoms with van der Waals surface area (Å²) in [5.74, 6) is -0.363. The Kier molecular flexibility index (Phi) is 5.03. The molecule has 0 amide bonds. The quantitative estimate of drug-likeness (QED) is 0.649. The van der Waals surface area contributed by atoms with E-state index < -0.39 is 0 Å². The number of aromatic nitrogens is 3. The van der Waals surface area contributed by atoms with E-state index in [2.05, 4.69) is 5.10 Å². The molecule has 0 unspecified atom stereocenters. The average molecular weight is 379 g/mol. The van der Waals surface area contributed by atoms with Crippen molar-refractivity contribution in [2.24, 2.45) is 0 Å². The number of nitrogens with zero attached hydrogens (tertiary/aromatic N) is 3. The van der Waals surface area contributed by atoms with E-state index in [9.17, 15) is 9.59 Å². The van der Waals surface area contributed by atoms with Gasteiger partial charge >= 0.3 is 5.97 Å². The van der Waals surface area contributed by atoms with Crippen molar-refractivity contribution in [2.75, 3.05) is 0 Å². The molecular weight excluding hydrogens is 354 g/mol. The van der Waals surface area contributed by atoms with Crippen molar-refractivity contribution in [2.45, 2.75) is 58.6 Å². The summed E-state index contributed by atoms with van der Waals surface area (Å²) in [7, 11) is 0. The lowest BCUT2D eigenvalue weighted by Gasteiger charge is -2.22. The normalized spacial score (nSPS) is 15.1. The van der Waals surface area contributed by atoms with Gasteiger partial charge in [0.1, 0.15) is 18.3 Å². The molecule has 1 aliphatic rings. The summed E-state index contributed by atoms with van der Waals surface area (Å²) in [6, 6.07) is 11.2. The van der Waals surface area contributed by atoms with E-state index in [1.807, 2.05) is 44.2 Å². The highest BCUT2D eigenvalue weighted by atomic mass is 16.5. The molecule has 6 heteroatoms. The van der Waals surface area contributed by atoms with Gasteiger partial charge < -0.3 is 4.74 Å². The van der Waals surface area contributed by atoms with Crippen LogP contribution >= 0.6 is 0 Å². The van der Waals surface area contributed by atoms with E-state index in [1.54, 1.807) is 10.7 Å². The molecule has 4 rings (SSSR count). The first-order chi connectivity index (χ1) is 13.5. The smallest absolute Gasteiger partial charge is 0.326 e. The number of para-hydroxylation sites is 1. The lowest BCUT2D eigenvalue weighted by atomic mass is 9.98. The third kappa shape index (κ3) is 3.46. The van der Waals surface area contributed by atoms with Gasteiger partial charge in [-0.3, -0.25) is 14.2 Å². The molecular formula is C22H25N3O3. The second-order valence-corrected chi connectivity index (χ2v) is 7.53. The summed E-state index contributed by atoms with van der Waals surface area (Å²) in [4.78, 5) is 25.4. The first-order valence-corrected chi connectivity index (χ1v) is 9.89. The Morgan fingerprint density at radius 3 is 2.57 bits per heavy atom. The molecule has 0 aliphatic heterocycles. The second-order valence-electron chi connectivity index (χ2n) is 7.53. The maximum absolute atomic E-state index is 12.8. The van der Waals surface area contributed by atoms with Crippen molar-refractivity contribution in [1.29, 1.82) is 0 Å². The number of hydrogen-bond acceptors (Lipinski definition) is 4. The molecule has 0 atom stereocenters. The molecule has 2 heterocycles. The number of fused-ring (bicyclic) bond motifs is 1. The molecule has 0 spiro atoms. The Bertz CT molecular complexity index is 1060. The van der Waals surface area contributed by atoms with Gasteiger partial charge in [-0.25, -0.2) is 4.68 Å². The molecule has 1 fully saturated rings. The van der Waals surface area contributed by atoms with Gasteiger partial charge in [0.25, 0.3) is 5.56 Å². The van der Waals surface area contributed by atoms with E-state index in [0.29, 0.717) is 5.65 Å². The van der Waals surface area contributed by atoms with Crippen molar-refractivity contribution >= 4 is 17.0 Å². The fourth-order valence-electron chi connectivity index (χ4n) is 4.10. The van der Waals surface area contributed by atoms with Crippen molar-refractivity contribution in [3.8, 4) is 5.69 Å². The Balaban J connectivity index is 1.77. The average Bonchev–Trinajstić information content (AvgIpc) is 3.04. The fourth-order valence-corrected chi connectivity index (χ4v) is 4.10. The number of aryl methyl sites for hydroxylation is 2. The van der Waals surface area contributed by atoms with Crippen LogP contribution in [0.15, 0.2) is 41.2 Å². The predicted molar refractivity (Wildman–Crippen MR) is 108 cm³/mol. The van der Waals surface area contributed by atoms with Crippen LogP contribution in [-0.2, 0) is 16.1 Å². The van der Waals surface area contributed by atoms with Crippen LogP contribution in [0.3, 0.4) is 0 Å². The van der Waals surface area contributed by atoms with E-state index in [-0.39, 0.29) is 24.2 Å². The Morgan fingerprint density at radius 2 is 1.86 bits per heavy atom. The minimum atomic E-state index is -0.363. The molecule has 2 aromatic heterocycles. The second kappa shape index (κ2) is 7.62. The van der Waals surface area contributed by atoms with Crippen LogP contribution in [-0.4, -0.2) is 26.4 Å². The molecule has 28 heavy (non-hydrogen) atoms. The number of hydrogen-bond donors (Lipinski definition) is 0. The summed E-state index contributed by atoms with van der Waals surface area (Å²) in [6.45, 7) is 3.71. The molecule has 146 valence electrons. The number of carbonyl (C=O) groups excluding carboxylic acids is 1. The van der Waals surface area contributed by atoms with Crippen molar-refractivity contribution in [3.05, 3.63) is 58.0 Å². The zero-order valence-corrected chi connectivity index (χ0v) is 16.4. The summed E-state index contributed by atoms with van der Waals surface area (Å²) >= 11 is 0. The number of pyridine rings is 1. The number of esters is 1. The SMILES string of the molecule is Cc1cc(=O)n(CC(=O)OC2CCCCC2)c2c1c(C)nn2-c1ccccc1. The van der Waals surface area contributed by atoms with Crippen LogP contribution in [0.4, 0.5) is 0 Å². The predicted octanol–water partition coefficient (Wildman–Crippen LogP) is 3.68. The van der Waals surface area contributed by atoms with Crippen molar-refractivity contribution < 1.29 is 9.53 Å². The lowest BCUT2D eigenvalue weighted by molar-refractivity contribution is -0.151. The van der Waals surface area contributed by atoms with Crippen LogP contribution < -0.4 is 5.56 Å². The van der Waals surface area contributed by atoms with Gasteiger partial charge in [-0.2, -0.15) is 5.10 Å². The van der Waals surface area contributed by atoms with Crippen molar-refractivity contribution in [1.82, 2.24) is 14.3 Å². The lowest BCUT2D eigenvalue weighted by Crippen LogP contribution is -2.29.